The molecule has 1 saturated heterocycles. The van der Waals surface area contributed by atoms with Gasteiger partial charge in [0.1, 0.15) is 17.6 Å². The maximum atomic E-state index is 12.4. The highest BCUT2D eigenvalue weighted by Crippen LogP contribution is 2.19. The monoisotopic (exact) mass is 383 g/mol. The number of hydrogen-bond donors (Lipinski definition) is 0. The number of nitriles is 1. The average molecular weight is 383 g/mol. The van der Waals surface area contributed by atoms with Crippen molar-refractivity contribution in [3.05, 3.63) is 56.2 Å². The predicted molar refractivity (Wildman–Crippen MR) is 107 cm³/mol. The van der Waals surface area contributed by atoms with E-state index in [0.717, 1.165) is 36.4 Å². The Morgan fingerprint density at radius 3 is 2.39 bits per heavy atom. The van der Waals surface area contributed by atoms with E-state index >= 15 is 0 Å². The van der Waals surface area contributed by atoms with E-state index in [1.807, 2.05) is 23.1 Å². The van der Waals surface area contributed by atoms with Crippen LogP contribution in [0.15, 0.2) is 33.9 Å². The molecule has 28 heavy (non-hydrogen) atoms. The summed E-state index contributed by atoms with van der Waals surface area (Å²) >= 11 is 0. The van der Waals surface area contributed by atoms with Crippen LogP contribution in [-0.4, -0.2) is 47.3 Å². The summed E-state index contributed by atoms with van der Waals surface area (Å²) in [6, 6.07) is 10.0. The first-order valence-electron chi connectivity index (χ1n) is 9.26. The molecular formula is C20H25N5O3. The van der Waals surface area contributed by atoms with Gasteiger partial charge in [0.05, 0.1) is 7.11 Å². The average Bonchev–Trinajstić information content (AvgIpc) is 2.95. The first-order chi connectivity index (χ1) is 13.5. The number of hydrogen-bond acceptors (Lipinski definition) is 6. The minimum Gasteiger partial charge on any atom is -0.497 e. The normalized spacial score (nSPS) is 15.1. The molecule has 0 N–H and O–H groups in total. The van der Waals surface area contributed by atoms with Crippen LogP contribution in [0.5, 0.6) is 5.75 Å². The van der Waals surface area contributed by atoms with Crippen molar-refractivity contribution in [3.63, 3.8) is 0 Å². The lowest BCUT2D eigenvalue weighted by Crippen LogP contribution is -2.43. The predicted octanol–water partition coefficient (Wildman–Crippen LogP) is 0.677. The van der Waals surface area contributed by atoms with Gasteiger partial charge < -0.3 is 9.64 Å². The molecule has 1 aliphatic rings. The van der Waals surface area contributed by atoms with Crippen molar-refractivity contribution < 1.29 is 4.74 Å². The van der Waals surface area contributed by atoms with Gasteiger partial charge in [0.2, 0.25) is 0 Å². The number of rotatable bonds is 4. The highest BCUT2D eigenvalue weighted by atomic mass is 16.5. The summed E-state index contributed by atoms with van der Waals surface area (Å²) in [5.41, 5.74) is 0.263. The second-order valence-corrected chi connectivity index (χ2v) is 6.98. The van der Waals surface area contributed by atoms with Gasteiger partial charge in [-0.3, -0.25) is 18.8 Å². The maximum absolute atomic E-state index is 12.4. The van der Waals surface area contributed by atoms with Gasteiger partial charge in [-0.25, -0.2) is 4.79 Å². The Kier molecular flexibility index (Phi) is 5.85. The second kappa shape index (κ2) is 8.31. The molecule has 2 aromatic rings. The standard InChI is InChI=1S/C20H25N5O3/c1-22-18(17(13-21)19(26)23(2)20(22)27)25-10-4-9-24(11-12-25)14-15-5-7-16(28-3)8-6-15/h5-8H,4,9-12,14H2,1-3H3. The van der Waals surface area contributed by atoms with E-state index in [2.05, 4.69) is 17.0 Å². The molecule has 2 heterocycles. The minimum atomic E-state index is -0.542. The number of ether oxygens (including phenoxy) is 1. The Labute approximate surface area is 163 Å². The SMILES string of the molecule is COc1ccc(CN2CCCN(c3c(C#N)c(=O)n(C)c(=O)n3C)CC2)cc1. The zero-order valence-corrected chi connectivity index (χ0v) is 16.5. The molecule has 1 aliphatic heterocycles. The van der Waals surface area contributed by atoms with Crippen LogP contribution < -0.4 is 20.9 Å². The molecule has 0 saturated carbocycles. The van der Waals surface area contributed by atoms with E-state index in [1.165, 1.54) is 17.2 Å². The van der Waals surface area contributed by atoms with E-state index in [4.69, 9.17) is 4.74 Å². The van der Waals surface area contributed by atoms with Gasteiger partial charge >= 0.3 is 5.69 Å². The van der Waals surface area contributed by atoms with E-state index in [1.54, 1.807) is 14.2 Å². The summed E-state index contributed by atoms with van der Waals surface area (Å²) in [4.78, 5) is 29.0. The Hall–Kier alpha value is -3.05. The first-order valence-corrected chi connectivity index (χ1v) is 9.26. The highest BCUT2D eigenvalue weighted by Gasteiger charge is 2.23. The number of benzene rings is 1. The van der Waals surface area contributed by atoms with Crippen LogP contribution in [0, 0.1) is 11.3 Å². The van der Waals surface area contributed by atoms with Crippen molar-refractivity contribution in [3.8, 4) is 11.8 Å². The van der Waals surface area contributed by atoms with Crippen molar-refractivity contribution >= 4 is 5.82 Å². The van der Waals surface area contributed by atoms with E-state index in [9.17, 15) is 14.9 Å². The largest absolute Gasteiger partial charge is 0.497 e. The van der Waals surface area contributed by atoms with Crippen molar-refractivity contribution in [2.75, 3.05) is 38.2 Å². The molecule has 1 aromatic carbocycles. The second-order valence-electron chi connectivity index (χ2n) is 6.98. The molecule has 0 amide bonds. The van der Waals surface area contributed by atoms with Crippen LogP contribution >= 0.6 is 0 Å². The lowest BCUT2D eigenvalue weighted by Gasteiger charge is -2.26. The minimum absolute atomic E-state index is 0.0215. The summed E-state index contributed by atoms with van der Waals surface area (Å²) < 4.78 is 7.59. The Bertz CT molecular complexity index is 1000. The van der Waals surface area contributed by atoms with Crippen LogP contribution in [0.2, 0.25) is 0 Å². The van der Waals surface area contributed by atoms with Gasteiger partial charge in [0.15, 0.2) is 5.56 Å². The quantitative estimate of drug-likeness (QED) is 0.772. The van der Waals surface area contributed by atoms with Gasteiger partial charge in [-0.1, -0.05) is 12.1 Å². The van der Waals surface area contributed by atoms with Crippen LogP contribution in [0.3, 0.4) is 0 Å². The molecule has 3 rings (SSSR count). The van der Waals surface area contributed by atoms with Crippen LogP contribution in [0.4, 0.5) is 5.82 Å². The lowest BCUT2D eigenvalue weighted by molar-refractivity contribution is 0.285. The van der Waals surface area contributed by atoms with Crippen molar-refractivity contribution in [1.29, 1.82) is 5.26 Å². The smallest absolute Gasteiger partial charge is 0.332 e. The molecule has 0 radical (unpaired) electrons. The summed E-state index contributed by atoms with van der Waals surface area (Å²) in [6.45, 7) is 3.83. The Balaban J connectivity index is 1.80. The first kappa shape index (κ1) is 19.7. The van der Waals surface area contributed by atoms with Crippen LogP contribution in [0.25, 0.3) is 0 Å². The molecule has 0 bridgehead atoms. The highest BCUT2D eigenvalue weighted by molar-refractivity contribution is 5.53. The van der Waals surface area contributed by atoms with Gasteiger partial charge in [0.25, 0.3) is 5.56 Å². The fourth-order valence-corrected chi connectivity index (χ4v) is 3.63. The van der Waals surface area contributed by atoms with E-state index in [-0.39, 0.29) is 5.56 Å². The Morgan fingerprint density at radius 1 is 1.04 bits per heavy atom. The molecule has 0 atom stereocenters. The summed E-state index contributed by atoms with van der Waals surface area (Å²) in [5, 5.41) is 9.50. The zero-order chi connectivity index (χ0) is 20.3. The van der Waals surface area contributed by atoms with Crippen molar-refractivity contribution in [1.82, 2.24) is 14.0 Å². The molecule has 1 aromatic heterocycles. The molecule has 148 valence electrons. The number of nitrogens with zero attached hydrogens (tertiary/aromatic N) is 5. The van der Waals surface area contributed by atoms with Crippen molar-refractivity contribution in [2.24, 2.45) is 14.1 Å². The fraction of sp³-hybridized carbons (Fsp3) is 0.450. The number of anilines is 1. The van der Waals surface area contributed by atoms with Crippen molar-refractivity contribution in [2.45, 2.75) is 13.0 Å². The van der Waals surface area contributed by atoms with Gasteiger partial charge in [0, 0.05) is 46.8 Å². The Morgan fingerprint density at radius 2 is 1.75 bits per heavy atom. The topological polar surface area (TPSA) is 83.5 Å². The summed E-state index contributed by atoms with van der Waals surface area (Å²) in [5.74, 6) is 1.25. The number of aromatic nitrogens is 2. The molecule has 8 nitrogen and oxygen atoms in total. The molecule has 0 aliphatic carbocycles. The third kappa shape index (κ3) is 3.80. The molecule has 1 fully saturated rings. The van der Waals surface area contributed by atoms with Crippen LogP contribution in [0.1, 0.15) is 17.5 Å². The van der Waals surface area contributed by atoms with Crippen LogP contribution in [-0.2, 0) is 20.6 Å². The maximum Gasteiger partial charge on any atom is 0.332 e. The lowest BCUT2D eigenvalue weighted by atomic mass is 10.2. The third-order valence-electron chi connectivity index (χ3n) is 5.20. The van der Waals surface area contributed by atoms with Gasteiger partial charge in [-0.2, -0.15) is 5.26 Å². The summed E-state index contributed by atoms with van der Waals surface area (Å²) in [7, 11) is 4.66. The summed E-state index contributed by atoms with van der Waals surface area (Å²) in [6.07, 6.45) is 0.879. The van der Waals surface area contributed by atoms with Gasteiger partial charge in [-0.15, -0.1) is 0 Å². The number of methoxy groups -OCH3 is 1. The zero-order valence-electron chi connectivity index (χ0n) is 16.5. The third-order valence-corrected chi connectivity index (χ3v) is 5.20. The molecule has 0 spiro atoms. The fourth-order valence-electron chi connectivity index (χ4n) is 3.63. The molecular weight excluding hydrogens is 358 g/mol. The van der Waals surface area contributed by atoms with Gasteiger partial charge in [-0.05, 0) is 24.1 Å². The molecule has 8 heteroatoms. The molecule has 0 unspecified atom stereocenters. The van der Waals surface area contributed by atoms with E-state index < -0.39 is 11.2 Å². The van der Waals surface area contributed by atoms with E-state index in [0.29, 0.717) is 18.9 Å².